The lowest BCUT2D eigenvalue weighted by Gasteiger charge is -2.32. The number of hydrogen-bond donors (Lipinski definition) is 0. The molecule has 4 aromatic rings. The van der Waals surface area contributed by atoms with Gasteiger partial charge in [-0.25, -0.2) is 4.79 Å². The predicted molar refractivity (Wildman–Crippen MR) is 147 cm³/mol. The normalized spacial score (nSPS) is 12.3. The molecular formula is C32H24N2O. The highest BCUT2D eigenvalue weighted by Gasteiger charge is 2.27. The minimum atomic E-state index is 0.477. The van der Waals surface area contributed by atoms with E-state index in [1.54, 1.807) is 6.08 Å². The Hall–Kier alpha value is -4.85. The zero-order valence-electron chi connectivity index (χ0n) is 19.2. The summed E-state index contributed by atoms with van der Waals surface area (Å²) >= 11 is 0. The quantitative estimate of drug-likeness (QED) is 0.218. The van der Waals surface area contributed by atoms with Gasteiger partial charge in [-0.2, -0.15) is 0 Å². The van der Waals surface area contributed by atoms with Crippen LogP contribution in [0.15, 0.2) is 140 Å². The zero-order chi connectivity index (χ0) is 24.0. The van der Waals surface area contributed by atoms with E-state index in [4.69, 9.17) is 0 Å². The van der Waals surface area contributed by atoms with Gasteiger partial charge >= 0.3 is 0 Å². The van der Waals surface area contributed by atoms with Crippen LogP contribution in [0.3, 0.4) is 0 Å². The lowest BCUT2D eigenvalue weighted by molar-refractivity contribution is 0.569. The van der Waals surface area contributed by atoms with Gasteiger partial charge in [-0.3, -0.25) is 0 Å². The molecule has 3 nitrogen and oxygen atoms in total. The van der Waals surface area contributed by atoms with Gasteiger partial charge in [-0.05, 0) is 54.1 Å². The molecule has 0 amide bonds. The van der Waals surface area contributed by atoms with Crippen LogP contribution in [0.25, 0.3) is 16.8 Å². The molecule has 168 valence electrons. The van der Waals surface area contributed by atoms with Crippen LogP contribution in [0.5, 0.6) is 0 Å². The molecule has 4 aromatic carbocycles. The number of anilines is 4. The van der Waals surface area contributed by atoms with E-state index in [-0.39, 0.29) is 0 Å². The minimum Gasteiger partial charge on any atom is -0.310 e. The Bertz CT molecular complexity index is 1420. The first-order chi connectivity index (χ1) is 17.3. The number of nitrogens with zero attached hydrogens (tertiary/aromatic N) is 2. The second-order valence-corrected chi connectivity index (χ2v) is 8.04. The molecule has 1 heterocycles. The molecule has 0 spiro atoms. The maximum absolute atomic E-state index is 12.4. The fourth-order valence-corrected chi connectivity index (χ4v) is 4.40. The average Bonchev–Trinajstić information content (AvgIpc) is 2.92. The van der Waals surface area contributed by atoms with Crippen LogP contribution in [-0.2, 0) is 4.79 Å². The first-order valence-corrected chi connectivity index (χ1v) is 11.5. The molecule has 5 rings (SSSR count). The molecule has 0 aromatic heterocycles. The zero-order valence-corrected chi connectivity index (χ0v) is 19.2. The van der Waals surface area contributed by atoms with Crippen molar-refractivity contribution >= 4 is 34.4 Å². The van der Waals surface area contributed by atoms with Crippen molar-refractivity contribution in [1.29, 1.82) is 0 Å². The molecule has 0 unspecified atom stereocenters. The van der Waals surface area contributed by atoms with E-state index in [9.17, 15) is 4.79 Å². The molecule has 0 atom stereocenters. The molecular weight excluding hydrogens is 428 g/mol. The van der Waals surface area contributed by atoms with E-state index >= 15 is 0 Å². The molecule has 35 heavy (non-hydrogen) atoms. The molecule has 0 radical (unpaired) electrons. The van der Waals surface area contributed by atoms with Gasteiger partial charge in [0.2, 0.25) is 0 Å². The molecule has 0 fully saturated rings. The van der Waals surface area contributed by atoms with Crippen LogP contribution in [0.1, 0.15) is 5.56 Å². The molecule has 1 aliphatic heterocycles. The first-order valence-electron chi connectivity index (χ1n) is 11.5. The number of para-hydroxylation sites is 3. The van der Waals surface area contributed by atoms with Crippen molar-refractivity contribution in [2.45, 2.75) is 0 Å². The van der Waals surface area contributed by atoms with Crippen molar-refractivity contribution < 1.29 is 4.79 Å². The van der Waals surface area contributed by atoms with Gasteiger partial charge in [-0.15, -0.1) is 0 Å². The summed E-state index contributed by atoms with van der Waals surface area (Å²) in [7, 11) is 0. The Balaban J connectivity index is 1.69. The van der Waals surface area contributed by atoms with E-state index in [2.05, 4.69) is 66.0 Å². The van der Waals surface area contributed by atoms with Crippen molar-refractivity contribution in [3.63, 3.8) is 0 Å². The lowest BCUT2D eigenvalue weighted by Crippen LogP contribution is -2.21. The van der Waals surface area contributed by atoms with Crippen molar-refractivity contribution in [1.82, 2.24) is 0 Å². The molecule has 0 N–H and O–H groups in total. The summed E-state index contributed by atoms with van der Waals surface area (Å²) < 4.78 is 0. The summed E-state index contributed by atoms with van der Waals surface area (Å²) in [5, 5.41) is 0. The number of fused-ring (bicyclic) bond motifs is 3. The van der Waals surface area contributed by atoms with Gasteiger partial charge in [0.15, 0.2) is 5.94 Å². The van der Waals surface area contributed by atoms with Crippen LogP contribution >= 0.6 is 0 Å². The first kappa shape index (κ1) is 22.0. The number of carbonyl (C=O) groups excluding carboxylic acids is 1. The summed E-state index contributed by atoms with van der Waals surface area (Å²) in [6, 6.07) is 34.8. The summed E-state index contributed by atoms with van der Waals surface area (Å²) in [5.41, 5.74) is 7.37. The van der Waals surface area contributed by atoms with Gasteiger partial charge in [-0.1, -0.05) is 85.5 Å². The third kappa shape index (κ3) is 4.24. The van der Waals surface area contributed by atoms with E-state index < -0.39 is 0 Å². The monoisotopic (exact) mass is 452 g/mol. The standard InChI is InChI=1S/C32H24N2O/c1-2-3-4-13-22-33-31-19-12-11-18-29(31)28-21-20-27(23-30(28)32(33)24-35)34(25-14-7-5-8-15-25)26-16-9-6-10-17-26/h2-23H,1H2/b4-3-,22-13-. The highest BCUT2D eigenvalue weighted by molar-refractivity contribution is 6.08. The summed E-state index contributed by atoms with van der Waals surface area (Å²) in [4.78, 5) is 16.5. The van der Waals surface area contributed by atoms with Gasteiger partial charge < -0.3 is 9.80 Å². The number of benzene rings is 4. The highest BCUT2D eigenvalue weighted by Crippen LogP contribution is 2.46. The topological polar surface area (TPSA) is 23.6 Å². The summed E-state index contributed by atoms with van der Waals surface area (Å²) in [6.07, 6.45) is 9.23. The summed E-state index contributed by atoms with van der Waals surface area (Å²) in [5.74, 6) is 2.22. The SMILES string of the molecule is C=C/C=C\C=C/N1C(=C=O)c2cc(N(c3ccccc3)c3ccccc3)ccc2-c2ccccc21. The van der Waals surface area contributed by atoms with Gasteiger partial charge in [0, 0.05) is 34.4 Å². The Kier molecular flexibility index (Phi) is 6.25. The van der Waals surface area contributed by atoms with Crippen molar-refractivity contribution in [2.75, 3.05) is 9.80 Å². The Morgan fingerprint density at radius 3 is 1.97 bits per heavy atom. The third-order valence-corrected chi connectivity index (χ3v) is 5.93. The number of allylic oxidation sites excluding steroid dienone is 4. The third-order valence-electron chi connectivity index (χ3n) is 5.93. The number of hydrogen-bond acceptors (Lipinski definition) is 3. The lowest BCUT2D eigenvalue weighted by atomic mass is 9.91. The van der Waals surface area contributed by atoms with Crippen LogP contribution in [0.2, 0.25) is 0 Å². The van der Waals surface area contributed by atoms with Gasteiger partial charge in [0.1, 0.15) is 5.70 Å². The second-order valence-electron chi connectivity index (χ2n) is 8.04. The maximum Gasteiger partial charge on any atom is 0.151 e. The van der Waals surface area contributed by atoms with Gasteiger partial charge in [0.25, 0.3) is 0 Å². The van der Waals surface area contributed by atoms with Crippen LogP contribution in [0, 0.1) is 0 Å². The molecule has 3 heteroatoms. The highest BCUT2D eigenvalue weighted by atomic mass is 16.1. The van der Waals surface area contributed by atoms with Crippen molar-refractivity contribution in [2.24, 2.45) is 0 Å². The fraction of sp³-hybridized carbons (Fsp3) is 0. The van der Waals surface area contributed by atoms with E-state index in [1.807, 2.05) is 83.9 Å². The largest absolute Gasteiger partial charge is 0.310 e. The van der Waals surface area contributed by atoms with E-state index in [0.717, 1.165) is 39.4 Å². The number of rotatable bonds is 6. The Morgan fingerprint density at radius 2 is 1.31 bits per heavy atom. The van der Waals surface area contributed by atoms with E-state index in [0.29, 0.717) is 5.70 Å². The van der Waals surface area contributed by atoms with Crippen LogP contribution in [-0.4, -0.2) is 5.94 Å². The Morgan fingerprint density at radius 1 is 0.657 bits per heavy atom. The molecule has 0 saturated carbocycles. The fourth-order valence-electron chi connectivity index (χ4n) is 4.40. The summed E-state index contributed by atoms with van der Waals surface area (Å²) in [6.45, 7) is 3.71. The molecule has 1 aliphatic rings. The molecule has 0 aliphatic carbocycles. The second kappa shape index (κ2) is 9.96. The minimum absolute atomic E-state index is 0.477. The molecule has 0 bridgehead atoms. The van der Waals surface area contributed by atoms with Crippen LogP contribution < -0.4 is 9.80 Å². The molecule has 0 saturated heterocycles. The van der Waals surface area contributed by atoms with Crippen LogP contribution in [0.4, 0.5) is 22.7 Å². The van der Waals surface area contributed by atoms with Crippen molar-refractivity contribution in [3.05, 3.63) is 146 Å². The van der Waals surface area contributed by atoms with E-state index in [1.165, 1.54) is 0 Å². The predicted octanol–water partition coefficient (Wildman–Crippen LogP) is 8.07. The smallest absolute Gasteiger partial charge is 0.151 e. The van der Waals surface area contributed by atoms with Gasteiger partial charge in [0.05, 0.1) is 5.69 Å². The Labute approximate surface area is 205 Å². The average molecular weight is 453 g/mol. The maximum atomic E-state index is 12.4. The van der Waals surface area contributed by atoms with Crippen molar-refractivity contribution in [3.8, 4) is 11.1 Å².